The van der Waals surface area contributed by atoms with E-state index in [-0.39, 0.29) is 32.0 Å². The summed E-state index contributed by atoms with van der Waals surface area (Å²) < 4.78 is 34.2. The molecule has 0 aromatic carbocycles. The molecule has 53 heavy (non-hydrogen) atoms. The third kappa shape index (κ3) is 39.7. The zero-order chi connectivity index (χ0) is 39.3. The largest absolute Gasteiger partial charge is 0.472 e. The van der Waals surface area contributed by atoms with E-state index < -0.39 is 26.5 Å². The highest BCUT2D eigenvalue weighted by Gasteiger charge is 2.27. The Morgan fingerprint density at radius 3 is 1.55 bits per heavy atom. The minimum absolute atomic E-state index is 0.0275. The van der Waals surface area contributed by atoms with Crippen LogP contribution in [0.15, 0.2) is 36.5 Å². The molecule has 0 rings (SSSR count). The Balaban J connectivity index is 4.42. The summed E-state index contributed by atoms with van der Waals surface area (Å²) in [6.45, 7) is 4.35. The van der Waals surface area contributed by atoms with Gasteiger partial charge in [0.05, 0.1) is 27.7 Å². The molecule has 0 bridgehead atoms. The second kappa shape index (κ2) is 35.9. The van der Waals surface area contributed by atoms with Crippen molar-refractivity contribution in [1.82, 2.24) is 0 Å². The average Bonchev–Trinajstić information content (AvgIpc) is 3.10. The fourth-order valence-corrected chi connectivity index (χ4v) is 6.25. The molecule has 0 aliphatic heterocycles. The number of hydrogen-bond donors (Lipinski definition) is 1. The summed E-state index contributed by atoms with van der Waals surface area (Å²) >= 11 is 0. The Kier molecular flexibility index (Phi) is 34.7. The van der Waals surface area contributed by atoms with Crippen molar-refractivity contribution in [3.05, 3.63) is 36.5 Å². The first-order valence-corrected chi connectivity index (χ1v) is 22.7. The summed E-state index contributed by atoms with van der Waals surface area (Å²) in [4.78, 5) is 35.3. The molecular weight excluding hydrogens is 689 g/mol. The summed E-state index contributed by atoms with van der Waals surface area (Å²) in [7, 11) is 1.46. The number of carbonyl (C=O) groups excluding carboxylic acids is 2. The number of rotatable bonds is 38. The van der Waals surface area contributed by atoms with Gasteiger partial charge in [0.15, 0.2) is 6.10 Å². The summed E-state index contributed by atoms with van der Waals surface area (Å²) in [6, 6.07) is 0. The highest BCUT2D eigenvalue weighted by atomic mass is 31.2. The molecule has 0 aliphatic rings. The molecule has 2 atom stereocenters. The number of unbranched alkanes of at least 4 members (excludes halogenated alkanes) is 18. The zero-order valence-corrected chi connectivity index (χ0v) is 35.6. The van der Waals surface area contributed by atoms with Crippen molar-refractivity contribution in [2.75, 3.05) is 47.5 Å². The summed E-state index contributed by atoms with van der Waals surface area (Å²) in [6.07, 6.45) is 39.0. The van der Waals surface area contributed by atoms with Gasteiger partial charge < -0.3 is 18.9 Å². The summed E-state index contributed by atoms with van der Waals surface area (Å²) in [5, 5.41) is 0. The van der Waals surface area contributed by atoms with E-state index in [0.717, 1.165) is 77.0 Å². The number of phosphoric acid groups is 1. The zero-order valence-electron chi connectivity index (χ0n) is 34.7. The van der Waals surface area contributed by atoms with Crippen molar-refractivity contribution in [2.45, 2.75) is 180 Å². The summed E-state index contributed by atoms with van der Waals surface area (Å²) in [5.74, 6) is -0.825. The van der Waals surface area contributed by atoms with Gasteiger partial charge in [-0.25, -0.2) is 4.57 Å². The smallest absolute Gasteiger partial charge is 0.462 e. The van der Waals surface area contributed by atoms with Crippen LogP contribution in [0, 0.1) is 0 Å². The Hall–Kier alpha value is -1.77. The standard InChI is InChI=1S/C43H80NO8P/c1-6-8-10-12-14-16-18-20-22-24-25-27-29-31-33-35-42(45)49-39-41(40-51-53(47,48)50-38-37-44(3,4)5)52-43(46)36-34-32-30-28-26-23-21-19-17-15-13-11-9-7-2/h14,16,19-22,41H,6-13,15,17-18,23-40H2,1-5H3/p+1/b16-14+,21-19+,22-20+/t41-/m1/s1. The van der Waals surface area contributed by atoms with E-state index in [9.17, 15) is 19.0 Å². The van der Waals surface area contributed by atoms with E-state index in [1.54, 1.807) is 0 Å². The highest BCUT2D eigenvalue weighted by Crippen LogP contribution is 2.43. The number of likely N-dealkylation sites (N-methyl/N-ethyl adjacent to an activating group) is 1. The first kappa shape index (κ1) is 51.2. The number of esters is 2. The number of carbonyl (C=O) groups is 2. The molecule has 0 radical (unpaired) electrons. The predicted molar refractivity (Wildman–Crippen MR) is 220 cm³/mol. The Morgan fingerprint density at radius 2 is 1.02 bits per heavy atom. The van der Waals surface area contributed by atoms with E-state index >= 15 is 0 Å². The molecule has 0 aromatic heterocycles. The van der Waals surface area contributed by atoms with Crippen LogP contribution in [0.4, 0.5) is 0 Å². The minimum atomic E-state index is -4.38. The van der Waals surface area contributed by atoms with Crippen molar-refractivity contribution in [2.24, 2.45) is 0 Å². The van der Waals surface area contributed by atoms with Gasteiger partial charge in [-0.3, -0.25) is 18.6 Å². The van der Waals surface area contributed by atoms with Crippen LogP contribution in [0.5, 0.6) is 0 Å². The van der Waals surface area contributed by atoms with E-state index in [2.05, 4.69) is 50.3 Å². The topological polar surface area (TPSA) is 108 Å². The van der Waals surface area contributed by atoms with Gasteiger partial charge in [-0.1, -0.05) is 127 Å². The van der Waals surface area contributed by atoms with Crippen molar-refractivity contribution < 1.29 is 42.1 Å². The second-order valence-corrected chi connectivity index (χ2v) is 16.8. The van der Waals surface area contributed by atoms with E-state index in [1.165, 1.54) is 64.2 Å². The molecule has 10 heteroatoms. The van der Waals surface area contributed by atoms with E-state index in [4.69, 9.17) is 18.5 Å². The van der Waals surface area contributed by atoms with Gasteiger partial charge in [0.25, 0.3) is 0 Å². The lowest BCUT2D eigenvalue weighted by Gasteiger charge is -2.24. The van der Waals surface area contributed by atoms with Gasteiger partial charge in [0.1, 0.15) is 19.8 Å². The highest BCUT2D eigenvalue weighted by molar-refractivity contribution is 7.47. The SMILES string of the molecule is CCCCC/C=C/C/C=C/CCCCCCCC(=O)OC[C@H](COP(=O)(O)OCC[N+](C)(C)C)OC(=O)CCCCCCC/C=C/CCCCCCC. The molecule has 1 N–H and O–H groups in total. The predicted octanol–water partition coefficient (Wildman–Crippen LogP) is 11.7. The third-order valence-corrected chi connectivity index (χ3v) is 9.88. The van der Waals surface area contributed by atoms with Crippen molar-refractivity contribution in [1.29, 1.82) is 0 Å². The van der Waals surface area contributed by atoms with Crippen LogP contribution < -0.4 is 0 Å². The van der Waals surface area contributed by atoms with Crippen LogP contribution in [0.25, 0.3) is 0 Å². The fourth-order valence-electron chi connectivity index (χ4n) is 5.51. The van der Waals surface area contributed by atoms with Crippen LogP contribution in [0.2, 0.25) is 0 Å². The minimum Gasteiger partial charge on any atom is -0.462 e. The Morgan fingerprint density at radius 1 is 0.585 bits per heavy atom. The number of allylic oxidation sites excluding steroid dienone is 6. The van der Waals surface area contributed by atoms with E-state index in [1.807, 2.05) is 21.1 Å². The lowest BCUT2D eigenvalue weighted by molar-refractivity contribution is -0.870. The van der Waals surface area contributed by atoms with Gasteiger partial charge in [-0.2, -0.15) is 0 Å². The molecule has 1 unspecified atom stereocenters. The van der Waals surface area contributed by atoms with Crippen LogP contribution in [-0.4, -0.2) is 74.9 Å². The molecule has 310 valence electrons. The van der Waals surface area contributed by atoms with E-state index in [0.29, 0.717) is 17.4 Å². The lowest BCUT2D eigenvalue weighted by Crippen LogP contribution is -2.37. The first-order valence-electron chi connectivity index (χ1n) is 21.2. The van der Waals surface area contributed by atoms with Crippen LogP contribution in [0.1, 0.15) is 174 Å². The van der Waals surface area contributed by atoms with Gasteiger partial charge >= 0.3 is 19.8 Å². The van der Waals surface area contributed by atoms with Crippen molar-refractivity contribution in [3.63, 3.8) is 0 Å². The molecule has 0 saturated carbocycles. The fraction of sp³-hybridized carbons (Fsp3) is 0.814. The quantitative estimate of drug-likeness (QED) is 0.0217. The van der Waals surface area contributed by atoms with Crippen LogP contribution >= 0.6 is 7.82 Å². The van der Waals surface area contributed by atoms with Crippen LogP contribution in [0.3, 0.4) is 0 Å². The molecule has 0 heterocycles. The van der Waals surface area contributed by atoms with Crippen molar-refractivity contribution >= 4 is 19.8 Å². The first-order chi connectivity index (χ1) is 25.5. The molecule has 9 nitrogen and oxygen atoms in total. The number of phosphoric ester groups is 1. The number of hydrogen-bond acceptors (Lipinski definition) is 7. The van der Waals surface area contributed by atoms with Gasteiger partial charge in [0.2, 0.25) is 0 Å². The van der Waals surface area contributed by atoms with Gasteiger partial charge in [-0.05, 0) is 70.6 Å². The van der Waals surface area contributed by atoms with Crippen molar-refractivity contribution in [3.8, 4) is 0 Å². The van der Waals surface area contributed by atoms with Crippen LogP contribution in [-0.2, 0) is 32.7 Å². The second-order valence-electron chi connectivity index (χ2n) is 15.4. The number of quaternary nitrogens is 1. The maximum absolute atomic E-state index is 12.7. The monoisotopic (exact) mass is 771 g/mol. The van der Waals surface area contributed by atoms with Gasteiger partial charge in [-0.15, -0.1) is 0 Å². The average molecular weight is 771 g/mol. The molecule has 0 spiro atoms. The molecular formula is C43H81NO8P+. The molecule has 0 fully saturated rings. The molecule has 0 aromatic rings. The maximum Gasteiger partial charge on any atom is 0.472 e. The maximum atomic E-state index is 12.7. The Bertz CT molecular complexity index is 1010. The lowest BCUT2D eigenvalue weighted by atomic mass is 10.1. The summed E-state index contributed by atoms with van der Waals surface area (Å²) in [5.41, 5.74) is 0. The van der Waals surface area contributed by atoms with Gasteiger partial charge in [0, 0.05) is 12.8 Å². The number of nitrogens with zero attached hydrogens (tertiary/aromatic N) is 1. The normalized spacial score (nSPS) is 14.0. The molecule has 0 aliphatic carbocycles. The third-order valence-electron chi connectivity index (χ3n) is 8.89. The Labute approximate surface area is 325 Å². The molecule has 0 amide bonds. The molecule has 0 saturated heterocycles. The number of ether oxygens (including phenoxy) is 2.